The summed E-state index contributed by atoms with van der Waals surface area (Å²) in [6.45, 7) is 0. The number of nitrogens with one attached hydrogen (secondary N) is 1. The molecule has 0 amide bonds. The van der Waals surface area contributed by atoms with Crippen molar-refractivity contribution < 1.29 is 18.9 Å². The highest BCUT2D eigenvalue weighted by atomic mass is 16.6. The number of hydrogen-bond acceptors (Lipinski definition) is 7. The maximum absolute atomic E-state index is 11.9. The van der Waals surface area contributed by atoms with Crippen LogP contribution in [0.3, 0.4) is 0 Å². The summed E-state index contributed by atoms with van der Waals surface area (Å²) in [6, 6.07) is 15.8. The second-order valence-electron chi connectivity index (χ2n) is 5.11. The summed E-state index contributed by atoms with van der Waals surface area (Å²) < 4.78 is 10.2. The molecule has 0 fully saturated rings. The third-order valence-electron chi connectivity index (χ3n) is 3.28. The largest absolute Gasteiger partial charge is 0.457 e. The molecule has 0 aliphatic heterocycles. The molecular weight excluding hydrogens is 338 g/mol. The van der Waals surface area contributed by atoms with Gasteiger partial charge in [0.05, 0.1) is 23.1 Å². The summed E-state index contributed by atoms with van der Waals surface area (Å²) in [5.41, 5.74) is 4.07. The van der Waals surface area contributed by atoms with Gasteiger partial charge in [-0.2, -0.15) is 5.10 Å². The molecule has 0 saturated carbocycles. The van der Waals surface area contributed by atoms with E-state index >= 15 is 0 Å². The van der Waals surface area contributed by atoms with Gasteiger partial charge in [0, 0.05) is 12.1 Å². The van der Waals surface area contributed by atoms with Crippen LogP contribution in [-0.2, 0) is 0 Å². The van der Waals surface area contributed by atoms with Crippen molar-refractivity contribution in [3.05, 3.63) is 88.4 Å². The van der Waals surface area contributed by atoms with E-state index in [1.807, 2.05) is 0 Å². The van der Waals surface area contributed by atoms with Gasteiger partial charge in [-0.3, -0.25) is 15.5 Å². The quantitative estimate of drug-likeness (QED) is 0.238. The van der Waals surface area contributed by atoms with Crippen LogP contribution in [0.1, 0.15) is 16.1 Å². The maximum atomic E-state index is 11.9. The molecule has 8 heteroatoms. The van der Waals surface area contributed by atoms with E-state index in [2.05, 4.69) is 10.5 Å². The molecule has 8 nitrogen and oxygen atoms in total. The van der Waals surface area contributed by atoms with Gasteiger partial charge < -0.3 is 9.15 Å². The van der Waals surface area contributed by atoms with Crippen molar-refractivity contribution in [2.45, 2.75) is 0 Å². The number of furan rings is 1. The Labute approximate surface area is 147 Å². The number of rotatable bonds is 6. The molecule has 0 radical (unpaired) electrons. The standard InChI is InChI=1S/C18H13N3O5/c22-18(17-5-2-10-25-17)26-16-4-1-3-13(11-16)12-19-20-14-6-8-15(9-7-14)21(23)24/h1-12,20H. The van der Waals surface area contributed by atoms with E-state index in [4.69, 9.17) is 9.15 Å². The molecule has 0 aliphatic carbocycles. The highest BCUT2D eigenvalue weighted by Gasteiger charge is 2.11. The molecule has 1 heterocycles. The Morgan fingerprint density at radius 1 is 1.15 bits per heavy atom. The third kappa shape index (κ3) is 4.32. The molecule has 0 aliphatic rings. The second-order valence-corrected chi connectivity index (χ2v) is 5.11. The summed E-state index contributed by atoms with van der Waals surface area (Å²) in [6.07, 6.45) is 2.93. The van der Waals surface area contributed by atoms with E-state index in [1.54, 1.807) is 42.5 Å². The lowest BCUT2D eigenvalue weighted by Crippen LogP contribution is -2.07. The van der Waals surface area contributed by atoms with E-state index in [0.717, 1.165) is 0 Å². The molecule has 0 unspecified atom stereocenters. The average molecular weight is 351 g/mol. The molecule has 2 aromatic carbocycles. The summed E-state index contributed by atoms with van der Waals surface area (Å²) in [5.74, 6) is -0.123. The smallest absolute Gasteiger partial charge is 0.379 e. The van der Waals surface area contributed by atoms with Crippen LogP contribution in [0, 0.1) is 10.1 Å². The zero-order valence-electron chi connectivity index (χ0n) is 13.4. The molecule has 130 valence electrons. The average Bonchev–Trinajstić information content (AvgIpc) is 3.17. The normalized spacial score (nSPS) is 10.6. The summed E-state index contributed by atoms with van der Waals surface area (Å²) in [5, 5.41) is 14.7. The van der Waals surface area contributed by atoms with Gasteiger partial charge in [-0.1, -0.05) is 12.1 Å². The number of nitro benzene ring substituents is 1. The fraction of sp³-hybridized carbons (Fsp3) is 0. The summed E-state index contributed by atoms with van der Waals surface area (Å²) in [4.78, 5) is 22.0. The monoisotopic (exact) mass is 351 g/mol. The first-order chi connectivity index (χ1) is 12.6. The van der Waals surface area contributed by atoms with Gasteiger partial charge >= 0.3 is 5.97 Å². The highest BCUT2D eigenvalue weighted by Crippen LogP contribution is 2.16. The minimum absolute atomic E-state index is 0.00519. The number of non-ortho nitro benzene ring substituents is 1. The van der Waals surface area contributed by atoms with Crippen LogP contribution in [0.25, 0.3) is 0 Å². The SMILES string of the molecule is O=C(Oc1cccc(C=NNc2ccc([N+](=O)[O-])cc2)c1)c1ccco1. The van der Waals surface area contributed by atoms with Gasteiger partial charge in [0.25, 0.3) is 5.69 Å². The minimum Gasteiger partial charge on any atom is -0.457 e. The number of carbonyl (C=O) groups excluding carboxylic acids is 1. The van der Waals surface area contributed by atoms with Gasteiger partial charge in [0.1, 0.15) is 5.75 Å². The summed E-state index contributed by atoms with van der Waals surface area (Å²) >= 11 is 0. The zero-order valence-corrected chi connectivity index (χ0v) is 13.4. The fourth-order valence-electron chi connectivity index (χ4n) is 2.05. The number of esters is 1. The van der Waals surface area contributed by atoms with Gasteiger partial charge in [-0.05, 0) is 42.0 Å². The third-order valence-corrected chi connectivity index (χ3v) is 3.28. The lowest BCUT2D eigenvalue weighted by atomic mass is 10.2. The topological polar surface area (TPSA) is 107 Å². The van der Waals surface area contributed by atoms with E-state index in [0.29, 0.717) is 17.0 Å². The number of nitro groups is 1. The van der Waals surface area contributed by atoms with Crippen LogP contribution >= 0.6 is 0 Å². The zero-order chi connectivity index (χ0) is 18.4. The van der Waals surface area contributed by atoms with Crippen molar-refractivity contribution in [3.8, 4) is 5.75 Å². The Morgan fingerprint density at radius 2 is 1.96 bits per heavy atom. The van der Waals surface area contributed by atoms with Crippen molar-refractivity contribution in [1.29, 1.82) is 0 Å². The Balaban J connectivity index is 1.62. The number of hydrogen-bond donors (Lipinski definition) is 1. The van der Waals surface area contributed by atoms with E-state index < -0.39 is 10.9 Å². The number of benzene rings is 2. The van der Waals surface area contributed by atoms with Crippen LogP contribution < -0.4 is 10.2 Å². The first kappa shape index (κ1) is 16.9. The van der Waals surface area contributed by atoms with Crippen molar-refractivity contribution >= 4 is 23.6 Å². The first-order valence-corrected chi connectivity index (χ1v) is 7.51. The molecular formula is C18H13N3O5. The molecule has 1 N–H and O–H groups in total. The van der Waals surface area contributed by atoms with Crippen LogP contribution in [0.15, 0.2) is 76.4 Å². The Bertz CT molecular complexity index is 934. The van der Waals surface area contributed by atoms with E-state index in [1.165, 1.54) is 30.7 Å². The molecule has 3 aromatic rings. The van der Waals surface area contributed by atoms with Crippen LogP contribution in [-0.4, -0.2) is 17.1 Å². The van der Waals surface area contributed by atoms with Crippen molar-refractivity contribution in [2.24, 2.45) is 5.10 Å². The predicted octanol–water partition coefficient (Wildman–Crippen LogP) is 3.85. The molecule has 1 aromatic heterocycles. The Hall–Kier alpha value is -3.94. The Kier molecular flexibility index (Phi) is 5.04. The van der Waals surface area contributed by atoms with Gasteiger partial charge in [-0.15, -0.1) is 0 Å². The molecule has 0 atom stereocenters. The lowest BCUT2D eigenvalue weighted by Gasteiger charge is -2.03. The second kappa shape index (κ2) is 7.75. The molecule has 0 saturated heterocycles. The van der Waals surface area contributed by atoms with Crippen LogP contribution in [0.5, 0.6) is 5.75 Å². The molecule has 0 spiro atoms. The highest BCUT2D eigenvalue weighted by molar-refractivity contribution is 5.88. The van der Waals surface area contributed by atoms with E-state index in [9.17, 15) is 14.9 Å². The van der Waals surface area contributed by atoms with Crippen molar-refractivity contribution in [3.63, 3.8) is 0 Å². The lowest BCUT2D eigenvalue weighted by molar-refractivity contribution is -0.384. The van der Waals surface area contributed by atoms with Gasteiger partial charge in [-0.25, -0.2) is 4.79 Å². The minimum atomic E-state index is -0.590. The number of nitrogens with zero attached hydrogens (tertiary/aromatic N) is 2. The van der Waals surface area contributed by atoms with E-state index in [-0.39, 0.29) is 11.4 Å². The first-order valence-electron chi connectivity index (χ1n) is 7.51. The molecule has 0 bridgehead atoms. The number of anilines is 1. The predicted molar refractivity (Wildman–Crippen MR) is 94.4 cm³/mol. The van der Waals surface area contributed by atoms with Crippen LogP contribution in [0.2, 0.25) is 0 Å². The van der Waals surface area contributed by atoms with Gasteiger partial charge in [0.15, 0.2) is 0 Å². The number of ether oxygens (including phenoxy) is 1. The Morgan fingerprint density at radius 3 is 2.65 bits per heavy atom. The number of hydrazone groups is 1. The van der Waals surface area contributed by atoms with Gasteiger partial charge in [0.2, 0.25) is 5.76 Å². The maximum Gasteiger partial charge on any atom is 0.379 e. The molecule has 3 rings (SSSR count). The van der Waals surface area contributed by atoms with Crippen LogP contribution in [0.4, 0.5) is 11.4 Å². The summed E-state index contributed by atoms with van der Waals surface area (Å²) in [7, 11) is 0. The van der Waals surface area contributed by atoms with Crippen molar-refractivity contribution in [1.82, 2.24) is 0 Å². The van der Waals surface area contributed by atoms with Crippen molar-refractivity contribution in [2.75, 3.05) is 5.43 Å². The number of carbonyl (C=O) groups is 1. The molecule has 26 heavy (non-hydrogen) atoms. The fourth-order valence-corrected chi connectivity index (χ4v) is 2.05.